The molecule has 1 saturated heterocycles. The molecule has 0 bridgehead atoms. The number of methoxy groups -OCH3 is 1. The summed E-state index contributed by atoms with van der Waals surface area (Å²) in [7, 11) is 1.47. The fourth-order valence-corrected chi connectivity index (χ4v) is 3.07. The van der Waals surface area contributed by atoms with Crippen LogP contribution in [0, 0.1) is 0 Å². The number of nitrogens with zero attached hydrogens (tertiary/aromatic N) is 1. The highest BCUT2D eigenvalue weighted by molar-refractivity contribution is 6.10. The molecule has 0 aromatic heterocycles. The number of hydrogen-bond acceptors (Lipinski definition) is 5. The van der Waals surface area contributed by atoms with E-state index in [4.69, 9.17) is 4.74 Å². The Morgan fingerprint density at radius 3 is 2.42 bits per heavy atom. The van der Waals surface area contributed by atoms with E-state index in [-0.39, 0.29) is 5.56 Å². The predicted molar refractivity (Wildman–Crippen MR) is 102 cm³/mol. The summed E-state index contributed by atoms with van der Waals surface area (Å²) in [5.41, 5.74) is -0.903. The van der Waals surface area contributed by atoms with Crippen LogP contribution in [0.5, 0.6) is 11.5 Å². The maximum Gasteiger partial charge on any atom is 0.573 e. The van der Waals surface area contributed by atoms with Crippen LogP contribution in [0.1, 0.15) is 12.5 Å². The molecule has 3 rings (SSSR count). The van der Waals surface area contributed by atoms with Crippen molar-refractivity contribution in [1.82, 2.24) is 10.2 Å². The van der Waals surface area contributed by atoms with Gasteiger partial charge in [0.05, 0.1) is 7.11 Å². The molecule has 2 N–H and O–H groups in total. The number of ether oxygens (including phenoxy) is 2. The van der Waals surface area contributed by atoms with Crippen LogP contribution in [0.15, 0.2) is 48.5 Å². The first-order valence-corrected chi connectivity index (χ1v) is 8.96. The number of hydrogen-bond donors (Lipinski definition) is 2. The summed E-state index contributed by atoms with van der Waals surface area (Å²) in [6.07, 6.45) is -4.85. The number of anilines is 1. The van der Waals surface area contributed by atoms with Crippen molar-refractivity contribution in [3.8, 4) is 11.5 Å². The quantitative estimate of drug-likeness (QED) is 0.678. The number of rotatable bonds is 6. The minimum atomic E-state index is -4.85. The van der Waals surface area contributed by atoms with Gasteiger partial charge in [0, 0.05) is 11.8 Å². The standard InChI is InChI=1S/C20H18F3N3O5/c1-19(12-6-8-14(9-7-12)31-20(21,22)23)17(28)26(18(29)25-19)11-16(27)24-13-4-3-5-15(10-13)30-2/h3-10H,11H2,1-2H3,(H,24,27)(H,25,29). The molecule has 164 valence electrons. The molecular formula is C20H18F3N3O5. The number of amides is 4. The van der Waals surface area contributed by atoms with Crippen LogP contribution in [0.4, 0.5) is 23.7 Å². The van der Waals surface area contributed by atoms with Gasteiger partial charge < -0.3 is 20.1 Å². The number of carbonyl (C=O) groups is 3. The van der Waals surface area contributed by atoms with E-state index in [0.717, 1.165) is 17.0 Å². The lowest BCUT2D eigenvalue weighted by molar-refractivity contribution is -0.274. The Labute approximate surface area is 174 Å². The average Bonchev–Trinajstić information content (AvgIpc) is 2.91. The Morgan fingerprint density at radius 2 is 1.81 bits per heavy atom. The Morgan fingerprint density at radius 1 is 1.13 bits per heavy atom. The molecule has 0 aliphatic carbocycles. The van der Waals surface area contributed by atoms with Crippen molar-refractivity contribution >= 4 is 23.5 Å². The van der Waals surface area contributed by atoms with Crippen molar-refractivity contribution < 1.29 is 37.0 Å². The van der Waals surface area contributed by atoms with Crippen molar-refractivity contribution in [3.05, 3.63) is 54.1 Å². The SMILES string of the molecule is COc1cccc(NC(=O)CN2C(=O)NC(C)(c3ccc(OC(F)(F)F)cc3)C2=O)c1. The third-order valence-electron chi connectivity index (χ3n) is 4.60. The minimum Gasteiger partial charge on any atom is -0.497 e. The van der Waals surface area contributed by atoms with Crippen molar-refractivity contribution in [2.75, 3.05) is 19.0 Å². The van der Waals surface area contributed by atoms with Crippen molar-refractivity contribution in [3.63, 3.8) is 0 Å². The highest BCUT2D eigenvalue weighted by atomic mass is 19.4. The molecule has 31 heavy (non-hydrogen) atoms. The van der Waals surface area contributed by atoms with Crippen molar-refractivity contribution in [2.24, 2.45) is 0 Å². The number of carbonyl (C=O) groups excluding carboxylic acids is 3. The number of alkyl halides is 3. The first kappa shape index (κ1) is 21.9. The zero-order valence-corrected chi connectivity index (χ0v) is 16.4. The van der Waals surface area contributed by atoms with E-state index in [9.17, 15) is 27.6 Å². The lowest BCUT2D eigenvalue weighted by Gasteiger charge is -2.22. The van der Waals surface area contributed by atoms with Crippen molar-refractivity contribution in [2.45, 2.75) is 18.8 Å². The Kier molecular flexibility index (Phi) is 5.78. The van der Waals surface area contributed by atoms with Crippen LogP contribution < -0.4 is 20.1 Å². The Balaban J connectivity index is 1.71. The monoisotopic (exact) mass is 437 g/mol. The summed E-state index contributed by atoms with van der Waals surface area (Å²) in [6, 6.07) is 10.3. The Hall–Kier alpha value is -3.76. The summed E-state index contributed by atoms with van der Waals surface area (Å²) in [6.45, 7) is 0.847. The third kappa shape index (κ3) is 4.87. The zero-order valence-electron chi connectivity index (χ0n) is 16.4. The molecule has 0 spiro atoms. The second kappa shape index (κ2) is 8.17. The molecule has 2 aromatic carbocycles. The number of halogens is 3. The van der Waals surface area contributed by atoms with Gasteiger partial charge in [-0.3, -0.25) is 14.5 Å². The number of imide groups is 1. The predicted octanol–water partition coefficient (Wildman–Crippen LogP) is 3.00. The molecule has 1 aliphatic heterocycles. The summed E-state index contributed by atoms with van der Waals surface area (Å²) >= 11 is 0. The van der Waals surface area contributed by atoms with Gasteiger partial charge in [0.2, 0.25) is 5.91 Å². The molecule has 0 saturated carbocycles. The van der Waals surface area contributed by atoms with Gasteiger partial charge in [-0.05, 0) is 36.8 Å². The molecule has 2 aromatic rings. The fourth-order valence-electron chi connectivity index (χ4n) is 3.07. The van der Waals surface area contributed by atoms with E-state index in [2.05, 4.69) is 15.4 Å². The van der Waals surface area contributed by atoms with Gasteiger partial charge in [-0.1, -0.05) is 18.2 Å². The van der Waals surface area contributed by atoms with E-state index in [1.54, 1.807) is 24.3 Å². The van der Waals surface area contributed by atoms with Gasteiger partial charge in [-0.2, -0.15) is 0 Å². The maximum absolute atomic E-state index is 12.9. The lowest BCUT2D eigenvalue weighted by Crippen LogP contribution is -2.42. The molecule has 8 nitrogen and oxygen atoms in total. The van der Waals surface area contributed by atoms with E-state index in [1.807, 2.05) is 0 Å². The molecule has 4 amide bonds. The van der Waals surface area contributed by atoms with Gasteiger partial charge in [-0.15, -0.1) is 13.2 Å². The van der Waals surface area contributed by atoms with Crippen molar-refractivity contribution in [1.29, 1.82) is 0 Å². The summed E-state index contributed by atoms with van der Waals surface area (Å²) in [5, 5.41) is 5.04. The topological polar surface area (TPSA) is 97.0 Å². The molecular weight excluding hydrogens is 419 g/mol. The largest absolute Gasteiger partial charge is 0.573 e. The summed E-state index contributed by atoms with van der Waals surface area (Å²) < 4.78 is 45.8. The summed E-state index contributed by atoms with van der Waals surface area (Å²) in [5.74, 6) is -1.29. The normalized spacial score (nSPS) is 18.5. The lowest BCUT2D eigenvalue weighted by atomic mass is 9.92. The number of urea groups is 1. The van der Waals surface area contributed by atoms with Crippen LogP contribution in [0.2, 0.25) is 0 Å². The molecule has 11 heteroatoms. The smallest absolute Gasteiger partial charge is 0.497 e. The van der Waals surface area contributed by atoms with Crippen LogP contribution >= 0.6 is 0 Å². The molecule has 0 radical (unpaired) electrons. The van der Waals surface area contributed by atoms with E-state index < -0.39 is 42.0 Å². The molecule has 1 heterocycles. The van der Waals surface area contributed by atoms with Gasteiger partial charge >= 0.3 is 12.4 Å². The van der Waals surface area contributed by atoms with E-state index >= 15 is 0 Å². The van der Waals surface area contributed by atoms with Crippen LogP contribution in [-0.4, -0.2) is 42.8 Å². The van der Waals surface area contributed by atoms with E-state index in [1.165, 1.54) is 26.2 Å². The van der Waals surface area contributed by atoms with Crippen LogP contribution in [-0.2, 0) is 15.1 Å². The molecule has 1 unspecified atom stereocenters. The van der Waals surface area contributed by atoms with Crippen LogP contribution in [0.3, 0.4) is 0 Å². The van der Waals surface area contributed by atoms with Gasteiger partial charge in [0.25, 0.3) is 5.91 Å². The maximum atomic E-state index is 12.9. The highest BCUT2D eigenvalue weighted by Crippen LogP contribution is 2.31. The second-order valence-electron chi connectivity index (χ2n) is 6.80. The first-order chi connectivity index (χ1) is 14.5. The molecule has 1 atom stereocenters. The first-order valence-electron chi connectivity index (χ1n) is 8.96. The Bertz CT molecular complexity index is 1010. The fraction of sp³-hybridized carbons (Fsp3) is 0.250. The van der Waals surface area contributed by atoms with Gasteiger partial charge in [0.15, 0.2) is 0 Å². The summed E-state index contributed by atoms with van der Waals surface area (Å²) in [4.78, 5) is 38.3. The molecule has 1 aliphatic rings. The third-order valence-corrected chi connectivity index (χ3v) is 4.60. The van der Waals surface area contributed by atoms with Gasteiger partial charge in [0.1, 0.15) is 23.6 Å². The minimum absolute atomic E-state index is 0.232. The second-order valence-corrected chi connectivity index (χ2v) is 6.80. The average molecular weight is 437 g/mol. The number of nitrogens with one attached hydrogen (secondary N) is 2. The van der Waals surface area contributed by atoms with Crippen LogP contribution in [0.25, 0.3) is 0 Å². The number of benzene rings is 2. The van der Waals surface area contributed by atoms with Gasteiger partial charge in [-0.25, -0.2) is 4.79 Å². The zero-order chi connectivity index (χ0) is 22.8. The highest BCUT2D eigenvalue weighted by Gasteiger charge is 2.49. The molecule has 1 fully saturated rings. The van der Waals surface area contributed by atoms with E-state index in [0.29, 0.717) is 11.4 Å².